The van der Waals surface area contributed by atoms with Crippen molar-refractivity contribution in [3.05, 3.63) is 52.6 Å². The maximum Gasteiger partial charge on any atom is 0.302 e. The summed E-state index contributed by atoms with van der Waals surface area (Å²) in [6.07, 6.45) is 2.41. The number of benzene rings is 1. The molecule has 23 heavy (non-hydrogen) atoms. The topological polar surface area (TPSA) is 86.5 Å². The summed E-state index contributed by atoms with van der Waals surface area (Å²) >= 11 is 0. The van der Waals surface area contributed by atoms with Gasteiger partial charge in [0.05, 0.1) is 4.92 Å². The number of hydrogen-bond donors (Lipinski definition) is 0. The van der Waals surface area contributed by atoms with E-state index in [0.29, 0.717) is 24.8 Å². The molecule has 0 N–H and O–H groups in total. The van der Waals surface area contributed by atoms with E-state index in [-0.39, 0.29) is 17.9 Å². The minimum absolute atomic E-state index is 0.137. The summed E-state index contributed by atoms with van der Waals surface area (Å²) in [6, 6.07) is 6.14. The van der Waals surface area contributed by atoms with E-state index >= 15 is 0 Å². The van der Waals surface area contributed by atoms with Gasteiger partial charge in [-0.1, -0.05) is 24.3 Å². The lowest BCUT2D eigenvalue weighted by Crippen LogP contribution is -2.51. The van der Waals surface area contributed by atoms with Crippen molar-refractivity contribution in [1.29, 1.82) is 0 Å². The summed E-state index contributed by atoms with van der Waals surface area (Å²) in [7, 11) is 0. The van der Waals surface area contributed by atoms with Gasteiger partial charge in [-0.05, 0) is 19.3 Å². The summed E-state index contributed by atoms with van der Waals surface area (Å²) < 4.78 is 5.39. The van der Waals surface area contributed by atoms with Crippen LogP contribution in [0.25, 0.3) is 0 Å². The first kappa shape index (κ1) is 16.9. The molecule has 1 fully saturated rings. The minimum atomic E-state index is -1.24. The zero-order chi connectivity index (χ0) is 17.0. The van der Waals surface area contributed by atoms with Crippen molar-refractivity contribution in [2.24, 2.45) is 0 Å². The quantitative estimate of drug-likeness (QED) is 0.360. The number of ether oxygens (including phenoxy) is 1. The van der Waals surface area contributed by atoms with Crippen molar-refractivity contribution < 1.29 is 19.2 Å². The average molecular weight is 317 g/mol. The van der Waals surface area contributed by atoms with Crippen LogP contribution in [0.3, 0.4) is 0 Å². The van der Waals surface area contributed by atoms with E-state index in [1.165, 1.54) is 13.0 Å². The minimum Gasteiger partial charge on any atom is -0.461 e. The van der Waals surface area contributed by atoms with Gasteiger partial charge in [0, 0.05) is 25.0 Å². The Morgan fingerprint density at radius 2 is 2.22 bits per heavy atom. The van der Waals surface area contributed by atoms with E-state index in [0.717, 1.165) is 0 Å². The van der Waals surface area contributed by atoms with Gasteiger partial charge in [0.25, 0.3) is 5.69 Å². The highest BCUT2D eigenvalue weighted by Gasteiger charge is 2.52. The number of rotatable bonds is 5. The molecule has 0 unspecified atom stereocenters. The maximum absolute atomic E-state index is 12.8. The lowest BCUT2D eigenvalue weighted by Gasteiger charge is -2.41. The second kappa shape index (κ2) is 6.73. The third kappa shape index (κ3) is 3.02. The molecule has 122 valence electrons. The van der Waals surface area contributed by atoms with E-state index < -0.39 is 22.4 Å². The zero-order valence-electron chi connectivity index (χ0n) is 13.0. The van der Waals surface area contributed by atoms with Gasteiger partial charge in [0.1, 0.15) is 17.3 Å². The van der Waals surface area contributed by atoms with E-state index in [9.17, 15) is 19.7 Å². The third-order valence-corrected chi connectivity index (χ3v) is 4.27. The molecule has 0 bridgehead atoms. The number of hydrogen-bond acceptors (Lipinski definition) is 5. The Morgan fingerprint density at radius 3 is 2.83 bits per heavy atom. The van der Waals surface area contributed by atoms with Gasteiger partial charge < -0.3 is 4.74 Å². The standard InChI is InChI=1S/C17H19NO5/c1-3-11-17(13-7-4-5-8-14(13)18(21)22)15(20)9-6-10-16(17)23-12(2)19/h3-5,7-8,16H,1,6,9-11H2,2H3/t16-,17-/m1/s1. The van der Waals surface area contributed by atoms with Gasteiger partial charge in [-0.3, -0.25) is 19.7 Å². The Labute approximate surface area is 134 Å². The first-order valence-corrected chi connectivity index (χ1v) is 7.48. The first-order valence-electron chi connectivity index (χ1n) is 7.48. The summed E-state index contributed by atoms with van der Waals surface area (Å²) in [5.74, 6) is -0.652. The fraction of sp³-hybridized carbons (Fsp3) is 0.412. The van der Waals surface area contributed by atoms with Crippen molar-refractivity contribution in [3.63, 3.8) is 0 Å². The van der Waals surface area contributed by atoms with Gasteiger partial charge in [-0.25, -0.2) is 0 Å². The molecule has 1 aromatic carbocycles. The number of carbonyl (C=O) groups is 2. The van der Waals surface area contributed by atoms with Crippen LogP contribution in [0.2, 0.25) is 0 Å². The summed E-state index contributed by atoms with van der Waals surface area (Å²) in [4.78, 5) is 35.2. The second-order valence-electron chi connectivity index (χ2n) is 5.65. The predicted molar refractivity (Wildman–Crippen MR) is 84.0 cm³/mol. The van der Waals surface area contributed by atoms with E-state index in [2.05, 4.69) is 6.58 Å². The molecule has 6 nitrogen and oxygen atoms in total. The van der Waals surface area contributed by atoms with E-state index in [1.807, 2.05) is 0 Å². The molecular weight excluding hydrogens is 298 g/mol. The van der Waals surface area contributed by atoms with Gasteiger partial charge in [0.15, 0.2) is 0 Å². The van der Waals surface area contributed by atoms with Crippen LogP contribution < -0.4 is 0 Å². The largest absolute Gasteiger partial charge is 0.461 e. The first-order chi connectivity index (χ1) is 10.9. The highest BCUT2D eigenvalue weighted by Crippen LogP contribution is 2.45. The molecular formula is C17H19NO5. The fourth-order valence-electron chi connectivity index (χ4n) is 3.37. The van der Waals surface area contributed by atoms with E-state index in [4.69, 9.17) is 4.74 Å². The molecule has 0 heterocycles. The monoisotopic (exact) mass is 317 g/mol. The predicted octanol–water partition coefficient (Wildman–Crippen LogP) is 3.09. The number of nitrogens with zero attached hydrogens (tertiary/aromatic N) is 1. The summed E-state index contributed by atoms with van der Waals surface area (Å²) in [6.45, 7) is 4.96. The second-order valence-corrected chi connectivity index (χ2v) is 5.65. The molecule has 0 spiro atoms. The maximum atomic E-state index is 12.8. The van der Waals surface area contributed by atoms with Crippen LogP contribution in [-0.2, 0) is 19.7 Å². The molecule has 2 atom stereocenters. The Hall–Kier alpha value is -2.50. The van der Waals surface area contributed by atoms with Crippen LogP contribution in [0.15, 0.2) is 36.9 Å². The van der Waals surface area contributed by atoms with Crippen LogP contribution in [0.4, 0.5) is 5.69 Å². The lowest BCUT2D eigenvalue weighted by molar-refractivity contribution is -0.386. The zero-order valence-corrected chi connectivity index (χ0v) is 13.0. The normalized spacial score (nSPS) is 24.0. The molecule has 0 saturated heterocycles. The van der Waals surface area contributed by atoms with Crippen LogP contribution in [-0.4, -0.2) is 22.8 Å². The Morgan fingerprint density at radius 1 is 1.52 bits per heavy atom. The van der Waals surface area contributed by atoms with Crippen LogP contribution in [0, 0.1) is 10.1 Å². The number of nitro benzene ring substituents is 1. The highest BCUT2D eigenvalue weighted by atomic mass is 16.6. The van der Waals surface area contributed by atoms with Crippen molar-refractivity contribution in [2.45, 2.75) is 44.1 Å². The summed E-state index contributed by atoms with van der Waals surface area (Å²) in [5.41, 5.74) is -1.09. The van der Waals surface area contributed by atoms with Gasteiger partial charge in [-0.2, -0.15) is 0 Å². The molecule has 1 saturated carbocycles. The molecule has 0 amide bonds. The molecule has 6 heteroatoms. The smallest absolute Gasteiger partial charge is 0.302 e. The molecule has 0 radical (unpaired) electrons. The Kier molecular flexibility index (Phi) is 4.93. The van der Waals surface area contributed by atoms with E-state index in [1.54, 1.807) is 24.3 Å². The molecule has 1 aliphatic rings. The SMILES string of the molecule is C=CC[C@@]1(c2ccccc2[N+](=O)[O-])C(=O)CCC[C@H]1OC(C)=O. The number of ketones is 1. The molecule has 2 rings (SSSR count). The average Bonchev–Trinajstić information content (AvgIpc) is 2.50. The molecule has 0 aromatic heterocycles. The number of nitro groups is 1. The highest BCUT2D eigenvalue weighted by molar-refractivity contribution is 5.93. The lowest BCUT2D eigenvalue weighted by atomic mass is 9.64. The molecule has 1 aromatic rings. The van der Waals surface area contributed by atoms with Gasteiger partial charge in [-0.15, -0.1) is 6.58 Å². The number of para-hydroxylation sites is 1. The fourth-order valence-corrected chi connectivity index (χ4v) is 3.37. The van der Waals surface area contributed by atoms with Crippen LogP contribution >= 0.6 is 0 Å². The third-order valence-electron chi connectivity index (χ3n) is 4.27. The molecule has 0 aliphatic heterocycles. The van der Waals surface area contributed by atoms with Crippen molar-refractivity contribution in [1.82, 2.24) is 0 Å². The van der Waals surface area contributed by atoms with Gasteiger partial charge >= 0.3 is 5.97 Å². The molecule has 1 aliphatic carbocycles. The van der Waals surface area contributed by atoms with Crippen LogP contribution in [0.1, 0.15) is 38.2 Å². The summed E-state index contributed by atoms with van der Waals surface area (Å²) in [5, 5.41) is 11.4. The Bertz CT molecular complexity index is 654. The number of Topliss-reactive ketones (excluding diaryl/α,β-unsaturated/α-hetero) is 1. The number of carbonyl (C=O) groups excluding carboxylic acids is 2. The Balaban J connectivity index is 2.68. The number of allylic oxidation sites excluding steroid dienone is 1. The van der Waals surface area contributed by atoms with Gasteiger partial charge in [0.2, 0.25) is 0 Å². The van der Waals surface area contributed by atoms with Crippen molar-refractivity contribution >= 4 is 17.4 Å². The van der Waals surface area contributed by atoms with Crippen molar-refractivity contribution in [2.75, 3.05) is 0 Å². The van der Waals surface area contributed by atoms with Crippen molar-refractivity contribution in [3.8, 4) is 0 Å². The van der Waals surface area contributed by atoms with Crippen LogP contribution in [0.5, 0.6) is 0 Å². The number of esters is 1.